The Morgan fingerprint density at radius 2 is 1.86 bits per heavy atom. The standard InChI is InChI=1S/C20H27N7.HI/c1-21-20(23-15-19-25-24-18-11-6-7-14-27(18)19)22-12-8-13-26(2)16-17-9-4-3-5-10-17;/h3-7,9-11,14H,8,12-13,15-16H2,1-2H3,(H2,21,22,23);1H. The van der Waals surface area contributed by atoms with Crippen molar-refractivity contribution in [3.05, 3.63) is 66.1 Å². The lowest BCUT2D eigenvalue weighted by Gasteiger charge is -2.17. The molecule has 8 heteroatoms. The molecule has 150 valence electrons. The quantitative estimate of drug-likeness (QED) is 0.219. The molecule has 0 unspecified atom stereocenters. The maximum Gasteiger partial charge on any atom is 0.191 e. The largest absolute Gasteiger partial charge is 0.356 e. The zero-order valence-electron chi connectivity index (χ0n) is 16.4. The van der Waals surface area contributed by atoms with Gasteiger partial charge in [-0.15, -0.1) is 34.2 Å². The number of aromatic nitrogens is 3. The highest BCUT2D eigenvalue weighted by molar-refractivity contribution is 14.0. The Balaban J connectivity index is 0.00000280. The van der Waals surface area contributed by atoms with Crippen LogP contribution in [-0.4, -0.2) is 52.6 Å². The van der Waals surface area contributed by atoms with Crippen molar-refractivity contribution in [2.75, 3.05) is 27.2 Å². The van der Waals surface area contributed by atoms with Crippen LogP contribution in [0.2, 0.25) is 0 Å². The zero-order valence-corrected chi connectivity index (χ0v) is 18.7. The van der Waals surface area contributed by atoms with Gasteiger partial charge in [-0.25, -0.2) is 0 Å². The molecule has 0 saturated carbocycles. The van der Waals surface area contributed by atoms with Crippen molar-refractivity contribution in [1.29, 1.82) is 0 Å². The number of benzene rings is 1. The summed E-state index contributed by atoms with van der Waals surface area (Å²) in [6.45, 7) is 3.42. The molecule has 3 rings (SSSR count). The number of pyridine rings is 1. The lowest BCUT2D eigenvalue weighted by atomic mass is 10.2. The molecule has 2 heterocycles. The van der Waals surface area contributed by atoms with Crippen molar-refractivity contribution in [2.24, 2.45) is 4.99 Å². The molecule has 28 heavy (non-hydrogen) atoms. The van der Waals surface area contributed by atoms with Gasteiger partial charge in [-0.2, -0.15) is 0 Å². The van der Waals surface area contributed by atoms with Crippen molar-refractivity contribution in [3.8, 4) is 0 Å². The molecular formula is C20H28IN7. The molecule has 0 amide bonds. The fraction of sp³-hybridized carbons (Fsp3) is 0.350. The Morgan fingerprint density at radius 3 is 2.64 bits per heavy atom. The molecule has 0 aliphatic carbocycles. The molecule has 2 aromatic heterocycles. The molecular weight excluding hydrogens is 465 g/mol. The molecule has 0 radical (unpaired) electrons. The number of nitrogens with zero attached hydrogens (tertiary/aromatic N) is 5. The molecule has 0 saturated heterocycles. The van der Waals surface area contributed by atoms with Gasteiger partial charge in [0.1, 0.15) is 0 Å². The average molecular weight is 493 g/mol. The van der Waals surface area contributed by atoms with Crippen LogP contribution in [0.25, 0.3) is 5.65 Å². The maximum atomic E-state index is 4.28. The lowest BCUT2D eigenvalue weighted by Crippen LogP contribution is -2.38. The SMILES string of the molecule is CN=C(NCCCN(C)Cc1ccccc1)NCc1nnc2ccccn12.I. The Labute approximate surface area is 183 Å². The van der Waals surface area contributed by atoms with Gasteiger partial charge in [0.05, 0.1) is 6.54 Å². The summed E-state index contributed by atoms with van der Waals surface area (Å²) < 4.78 is 1.97. The van der Waals surface area contributed by atoms with Crippen molar-refractivity contribution in [2.45, 2.75) is 19.5 Å². The number of halogens is 1. The highest BCUT2D eigenvalue weighted by Crippen LogP contribution is 2.03. The first kappa shape index (κ1) is 22.1. The maximum absolute atomic E-state index is 4.28. The summed E-state index contributed by atoms with van der Waals surface area (Å²) in [4.78, 5) is 6.60. The Hall–Kier alpha value is -2.20. The predicted molar refractivity (Wildman–Crippen MR) is 124 cm³/mol. The van der Waals surface area contributed by atoms with Crippen LogP contribution in [0.5, 0.6) is 0 Å². The number of hydrogen-bond donors (Lipinski definition) is 2. The van der Waals surface area contributed by atoms with Gasteiger partial charge >= 0.3 is 0 Å². The van der Waals surface area contributed by atoms with E-state index in [1.807, 2.05) is 34.9 Å². The van der Waals surface area contributed by atoms with Gasteiger partial charge in [-0.05, 0) is 37.7 Å². The van der Waals surface area contributed by atoms with Gasteiger partial charge in [0.15, 0.2) is 17.4 Å². The highest BCUT2D eigenvalue weighted by atomic mass is 127. The van der Waals surface area contributed by atoms with E-state index < -0.39 is 0 Å². The smallest absolute Gasteiger partial charge is 0.191 e. The fourth-order valence-corrected chi connectivity index (χ4v) is 2.92. The number of fused-ring (bicyclic) bond motifs is 1. The summed E-state index contributed by atoms with van der Waals surface area (Å²) >= 11 is 0. The van der Waals surface area contributed by atoms with Crippen LogP contribution in [-0.2, 0) is 13.1 Å². The van der Waals surface area contributed by atoms with E-state index in [-0.39, 0.29) is 24.0 Å². The van der Waals surface area contributed by atoms with Crippen molar-refractivity contribution in [1.82, 2.24) is 30.1 Å². The first-order valence-electron chi connectivity index (χ1n) is 9.22. The van der Waals surface area contributed by atoms with Gasteiger partial charge < -0.3 is 15.5 Å². The van der Waals surface area contributed by atoms with Crippen molar-refractivity contribution < 1.29 is 0 Å². The molecule has 0 atom stereocenters. The highest BCUT2D eigenvalue weighted by Gasteiger charge is 2.06. The van der Waals surface area contributed by atoms with Crippen molar-refractivity contribution >= 4 is 35.6 Å². The van der Waals surface area contributed by atoms with Gasteiger partial charge in [-0.1, -0.05) is 36.4 Å². The van der Waals surface area contributed by atoms with E-state index in [4.69, 9.17) is 0 Å². The summed E-state index contributed by atoms with van der Waals surface area (Å²) in [6, 6.07) is 16.4. The Bertz CT molecular complexity index is 863. The minimum absolute atomic E-state index is 0. The first-order chi connectivity index (χ1) is 13.3. The van der Waals surface area contributed by atoms with Gasteiger partial charge in [-0.3, -0.25) is 9.39 Å². The Kier molecular flexibility index (Phi) is 9.15. The normalized spacial score (nSPS) is 11.5. The van der Waals surface area contributed by atoms with E-state index in [0.29, 0.717) is 6.54 Å². The number of aliphatic imine (C=N–C) groups is 1. The van der Waals surface area contributed by atoms with E-state index in [1.54, 1.807) is 7.05 Å². The lowest BCUT2D eigenvalue weighted by molar-refractivity contribution is 0.322. The van der Waals surface area contributed by atoms with Gasteiger partial charge in [0, 0.05) is 26.3 Å². The summed E-state index contributed by atoms with van der Waals surface area (Å²) in [6.07, 6.45) is 3.00. The molecule has 1 aromatic carbocycles. The minimum Gasteiger partial charge on any atom is -0.356 e. The van der Waals surface area contributed by atoms with E-state index in [1.165, 1.54) is 5.56 Å². The zero-order chi connectivity index (χ0) is 18.9. The van der Waals surface area contributed by atoms with E-state index in [0.717, 1.165) is 43.5 Å². The minimum atomic E-state index is 0. The molecule has 2 N–H and O–H groups in total. The molecule has 0 bridgehead atoms. The second-order valence-corrected chi connectivity index (χ2v) is 6.47. The summed E-state index contributed by atoms with van der Waals surface area (Å²) in [7, 11) is 3.93. The first-order valence-corrected chi connectivity index (χ1v) is 9.22. The third-order valence-corrected chi connectivity index (χ3v) is 4.33. The van der Waals surface area contributed by atoms with Gasteiger partial charge in [0.25, 0.3) is 0 Å². The van der Waals surface area contributed by atoms with E-state index >= 15 is 0 Å². The van der Waals surface area contributed by atoms with Crippen LogP contribution in [0.1, 0.15) is 17.8 Å². The van der Waals surface area contributed by atoms with Gasteiger partial charge in [0.2, 0.25) is 0 Å². The second kappa shape index (κ2) is 11.6. The average Bonchev–Trinajstić information content (AvgIpc) is 3.11. The number of guanidine groups is 1. The summed E-state index contributed by atoms with van der Waals surface area (Å²) in [5.74, 6) is 1.63. The van der Waals surface area contributed by atoms with Crippen LogP contribution in [0.15, 0.2) is 59.7 Å². The third kappa shape index (κ3) is 6.45. The Morgan fingerprint density at radius 1 is 1.07 bits per heavy atom. The van der Waals surface area contributed by atoms with Crippen LogP contribution < -0.4 is 10.6 Å². The molecule has 0 fully saturated rings. The molecule has 0 spiro atoms. The topological polar surface area (TPSA) is 69.8 Å². The number of rotatable bonds is 8. The van der Waals surface area contributed by atoms with Crippen LogP contribution in [0.4, 0.5) is 0 Å². The van der Waals surface area contributed by atoms with Crippen LogP contribution in [0, 0.1) is 0 Å². The predicted octanol–water partition coefficient (Wildman–Crippen LogP) is 2.53. The molecule has 0 aliphatic heterocycles. The fourth-order valence-electron chi connectivity index (χ4n) is 2.92. The van der Waals surface area contributed by atoms with E-state index in [2.05, 4.69) is 62.0 Å². The second-order valence-electron chi connectivity index (χ2n) is 6.47. The third-order valence-electron chi connectivity index (χ3n) is 4.33. The molecule has 0 aliphatic rings. The van der Waals surface area contributed by atoms with Crippen molar-refractivity contribution in [3.63, 3.8) is 0 Å². The van der Waals surface area contributed by atoms with Crippen LogP contribution >= 0.6 is 24.0 Å². The van der Waals surface area contributed by atoms with Crippen LogP contribution in [0.3, 0.4) is 0 Å². The molecule has 3 aromatic rings. The number of hydrogen-bond acceptors (Lipinski definition) is 4. The monoisotopic (exact) mass is 493 g/mol. The number of nitrogens with one attached hydrogen (secondary N) is 2. The summed E-state index contributed by atoms with van der Waals surface area (Å²) in [5, 5.41) is 15.0. The molecule has 7 nitrogen and oxygen atoms in total. The summed E-state index contributed by atoms with van der Waals surface area (Å²) in [5.41, 5.74) is 2.18. The van der Waals surface area contributed by atoms with E-state index in [9.17, 15) is 0 Å².